The van der Waals surface area contributed by atoms with Gasteiger partial charge in [0.25, 0.3) is 6.43 Å². The van der Waals surface area contributed by atoms with E-state index in [1.165, 1.54) is 0 Å². The molecule has 0 radical (unpaired) electrons. The first-order valence-corrected chi connectivity index (χ1v) is 4.72. The van der Waals surface area contributed by atoms with Crippen LogP contribution in [-0.4, -0.2) is 10.1 Å². The SMILES string of the molecule is OCc1cc(Br)c(C(F)(F)F)nc1C(F)F. The second-order valence-corrected chi connectivity index (χ2v) is 3.67. The third-order valence-electron chi connectivity index (χ3n) is 1.73. The molecule has 1 aromatic heterocycles. The molecule has 1 heterocycles. The van der Waals surface area contributed by atoms with Gasteiger partial charge in [0.05, 0.1) is 6.61 Å². The normalized spacial score (nSPS) is 12.2. The lowest BCUT2D eigenvalue weighted by molar-refractivity contribution is -0.142. The second-order valence-electron chi connectivity index (χ2n) is 2.82. The number of aliphatic hydroxyl groups is 1. The Morgan fingerprint density at radius 3 is 2.31 bits per heavy atom. The smallest absolute Gasteiger partial charge is 0.392 e. The third-order valence-corrected chi connectivity index (χ3v) is 2.34. The predicted octanol–water partition coefficient (Wildman–Crippen LogP) is 3.29. The summed E-state index contributed by atoms with van der Waals surface area (Å²) in [6.07, 6.45) is -7.99. The molecule has 0 aliphatic carbocycles. The number of pyridine rings is 1. The Bertz CT molecular complexity index is 393. The quantitative estimate of drug-likeness (QED) is 0.851. The maximum atomic E-state index is 12.4. The van der Waals surface area contributed by atoms with Gasteiger partial charge in [0, 0.05) is 10.0 Å². The highest BCUT2D eigenvalue weighted by atomic mass is 79.9. The number of alkyl halides is 5. The van der Waals surface area contributed by atoms with Crippen LogP contribution in [0.25, 0.3) is 0 Å². The van der Waals surface area contributed by atoms with Gasteiger partial charge in [-0.3, -0.25) is 0 Å². The minimum Gasteiger partial charge on any atom is -0.392 e. The number of rotatable bonds is 2. The molecule has 8 heteroatoms. The van der Waals surface area contributed by atoms with Crippen molar-refractivity contribution in [2.24, 2.45) is 0 Å². The standard InChI is InChI=1S/C8H5BrF5NO/c9-4-1-3(2-16)5(7(10)11)15-6(4)8(12,13)14/h1,7,16H,2H2. The number of hydrogen-bond acceptors (Lipinski definition) is 2. The highest BCUT2D eigenvalue weighted by Crippen LogP contribution is 2.36. The van der Waals surface area contributed by atoms with Crippen molar-refractivity contribution in [3.8, 4) is 0 Å². The highest BCUT2D eigenvalue weighted by Gasteiger charge is 2.36. The molecule has 0 fully saturated rings. The second kappa shape index (κ2) is 4.62. The number of aromatic nitrogens is 1. The van der Waals surface area contributed by atoms with Crippen molar-refractivity contribution in [1.82, 2.24) is 4.98 Å². The minimum absolute atomic E-state index is 0.338. The molecule has 1 aromatic rings. The first-order chi connectivity index (χ1) is 7.27. The number of halogens is 6. The summed E-state index contributed by atoms with van der Waals surface area (Å²) in [6, 6.07) is 0.789. The summed E-state index contributed by atoms with van der Waals surface area (Å²) < 4.78 is 61.2. The lowest BCUT2D eigenvalue weighted by Gasteiger charge is -2.12. The summed E-state index contributed by atoms with van der Waals surface area (Å²) in [7, 11) is 0. The molecular formula is C8H5BrF5NO. The topological polar surface area (TPSA) is 33.1 Å². The van der Waals surface area contributed by atoms with Crippen LogP contribution in [0.1, 0.15) is 23.4 Å². The third kappa shape index (κ3) is 2.67. The average molecular weight is 306 g/mol. The van der Waals surface area contributed by atoms with Crippen molar-refractivity contribution in [1.29, 1.82) is 0 Å². The molecule has 90 valence electrons. The number of hydrogen-bond donors (Lipinski definition) is 1. The Balaban J connectivity index is 3.39. The van der Waals surface area contributed by atoms with Crippen LogP contribution in [0.4, 0.5) is 22.0 Å². The fraction of sp³-hybridized carbons (Fsp3) is 0.375. The van der Waals surface area contributed by atoms with Gasteiger partial charge in [-0.2, -0.15) is 13.2 Å². The van der Waals surface area contributed by atoms with Gasteiger partial charge in [0.15, 0.2) is 5.69 Å². The van der Waals surface area contributed by atoms with Gasteiger partial charge in [-0.25, -0.2) is 13.8 Å². The van der Waals surface area contributed by atoms with E-state index in [0.29, 0.717) is 0 Å². The van der Waals surface area contributed by atoms with E-state index in [1.807, 2.05) is 0 Å². The van der Waals surface area contributed by atoms with Crippen LogP contribution in [-0.2, 0) is 12.8 Å². The Kier molecular flexibility index (Phi) is 3.84. The molecule has 0 aliphatic rings. The fourth-order valence-electron chi connectivity index (χ4n) is 1.06. The van der Waals surface area contributed by atoms with E-state index in [4.69, 9.17) is 5.11 Å². The van der Waals surface area contributed by atoms with E-state index in [1.54, 1.807) is 0 Å². The molecule has 0 aromatic carbocycles. The summed E-state index contributed by atoms with van der Waals surface area (Å²) in [5.41, 5.74) is -2.83. The van der Waals surface area contributed by atoms with E-state index in [2.05, 4.69) is 20.9 Å². The summed E-state index contributed by atoms with van der Waals surface area (Å²) in [5.74, 6) is 0. The molecule has 0 saturated carbocycles. The average Bonchev–Trinajstić information content (AvgIpc) is 2.14. The molecule has 2 nitrogen and oxygen atoms in total. The number of nitrogens with zero attached hydrogens (tertiary/aromatic N) is 1. The monoisotopic (exact) mass is 305 g/mol. The van der Waals surface area contributed by atoms with Crippen LogP contribution >= 0.6 is 15.9 Å². The minimum atomic E-state index is -4.82. The molecule has 0 spiro atoms. The van der Waals surface area contributed by atoms with Gasteiger partial charge in [-0.15, -0.1) is 0 Å². The van der Waals surface area contributed by atoms with E-state index in [9.17, 15) is 22.0 Å². The van der Waals surface area contributed by atoms with E-state index in [-0.39, 0.29) is 5.56 Å². The van der Waals surface area contributed by atoms with Crippen LogP contribution in [0.3, 0.4) is 0 Å². The van der Waals surface area contributed by atoms with Crippen LogP contribution in [0, 0.1) is 0 Å². The molecule has 0 unspecified atom stereocenters. The predicted molar refractivity (Wildman–Crippen MR) is 47.8 cm³/mol. The molecule has 0 saturated heterocycles. The van der Waals surface area contributed by atoms with Gasteiger partial charge >= 0.3 is 6.18 Å². The molecule has 16 heavy (non-hydrogen) atoms. The fourth-order valence-corrected chi connectivity index (χ4v) is 1.65. The molecule has 1 rings (SSSR count). The largest absolute Gasteiger partial charge is 0.434 e. The number of aliphatic hydroxyl groups excluding tert-OH is 1. The summed E-state index contributed by atoms with van der Waals surface area (Å²) >= 11 is 2.57. The first-order valence-electron chi connectivity index (χ1n) is 3.93. The summed E-state index contributed by atoms with van der Waals surface area (Å²) in [6.45, 7) is -0.802. The highest BCUT2D eigenvalue weighted by molar-refractivity contribution is 9.10. The zero-order chi connectivity index (χ0) is 12.5. The van der Waals surface area contributed by atoms with Gasteiger partial charge in [0.2, 0.25) is 0 Å². The van der Waals surface area contributed by atoms with Gasteiger partial charge < -0.3 is 5.11 Å². The maximum Gasteiger partial charge on any atom is 0.434 e. The van der Waals surface area contributed by atoms with Crippen molar-refractivity contribution in [2.75, 3.05) is 0 Å². The van der Waals surface area contributed by atoms with Crippen LogP contribution < -0.4 is 0 Å². The lowest BCUT2D eigenvalue weighted by atomic mass is 10.2. The first kappa shape index (κ1) is 13.3. The van der Waals surface area contributed by atoms with Crippen LogP contribution in [0.2, 0.25) is 0 Å². The molecular weight excluding hydrogens is 301 g/mol. The summed E-state index contributed by atoms with van der Waals surface area (Å²) in [5, 5.41) is 8.71. The van der Waals surface area contributed by atoms with Crippen molar-refractivity contribution in [3.05, 3.63) is 27.5 Å². The van der Waals surface area contributed by atoms with E-state index in [0.717, 1.165) is 6.07 Å². The zero-order valence-corrected chi connectivity index (χ0v) is 9.11. The summed E-state index contributed by atoms with van der Waals surface area (Å²) in [4.78, 5) is 2.83. The molecule has 0 aliphatic heterocycles. The van der Waals surface area contributed by atoms with Gasteiger partial charge in [0.1, 0.15) is 5.69 Å². The Labute approximate surface area is 95.2 Å². The molecule has 0 bridgehead atoms. The van der Waals surface area contributed by atoms with Crippen LogP contribution in [0.5, 0.6) is 0 Å². The van der Waals surface area contributed by atoms with Gasteiger partial charge in [-0.1, -0.05) is 0 Å². The Morgan fingerprint density at radius 2 is 1.94 bits per heavy atom. The van der Waals surface area contributed by atoms with Gasteiger partial charge in [-0.05, 0) is 22.0 Å². The van der Waals surface area contributed by atoms with Crippen molar-refractivity contribution >= 4 is 15.9 Å². The van der Waals surface area contributed by atoms with E-state index >= 15 is 0 Å². The Morgan fingerprint density at radius 1 is 1.38 bits per heavy atom. The zero-order valence-electron chi connectivity index (χ0n) is 7.52. The van der Waals surface area contributed by atoms with Crippen molar-refractivity contribution in [2.45, 2.75) is 19.2 Å². The maximum absolute atomic E-state index is 12.4. The lowest BCUT2D eigenvalue weighted by Crippen LogP contribution is -2.13. The van der Waals surface area contributed by atoms with Crippen molar-refractivity contribution < 1.29 is 27.1 Å². The Hall–Kier alpha value is -0.760. The molecule has 1 N–H and O–H groups in total. The molecule has 0 atom stereocenters. The van der Waals surface area contributed by atoms with Crippen molar-refractivity contribution in [3.63, 3.8) is 0 Å². The van der Waals surface area contributed by atoms with Crippen LogP contribution in [0.15, 0.2) is 10.5 Å². The molecule has 0 amide bonds. The van der Waals surface area contributed by atoms with E-state index < -0.39 is 35.1 Å².